The maximum Gasteiger partial charge on any atom is 0.0839 e. The largest absolute Gasteiger partial charge is 0.309 e. The van der Waals surface area contributed by atoms with E-state index in [1.54, 1.807) is 6.08 Å². The Bertz CT molecular complexity index is 487. The lowest BCUT2D eigenvalue weighted by molar-refractivity contribution is 0.381. The number of hydrazine groups is 2. The summed E-state index contributed by atoms with van der Waals surface area (Å²) >= 11 is 0. The Morgan fingerprint density at radius 3 is 2.80 bits per heavy atom. The van der Waals surface area contributed by atoms with Gasteiger partial charge in [-0.3, -0.25) is 5.01 Å². The van der Waals surface area contributed by atoms with Gasteiger partial charge in [-0.1, -0.05) is 24.3 Å². The Morgan fingerprint density at radius 2 is 1.93 bits per heavy atom. The zero-order chi connectivity index (χ0) is 10.3. The summed E-state index contributed by atoms with van der Waals surface area (Å²) in [5.74, 6) is 0. The SMILES string of the molecule is N=C1C=CN2NNC=C2c2ccccc21. The Balaban J connectivity index is 2.25. The van der Waals surface area contributed by atoms with Gasteiger partial charge in [0.25, 0.3) is 0 Å². The molecule has 0 fully saturated rings. The number of rotatable bonds is 0. The van der Waals surface area contributed by atoms with E-state index in [1.807, 2.05) is 41.7 Å². The zero-order valence-corrected chi connectivity index (χ0v) is 7.99. The molecule has 3 N–H and O–H groups in total. The number of allylic oxidation sites excluding steroid dienone is 1. The van der Waals surface area contributed by atoms with Crippen molar-refractivity contribution in [2.45, 2.75) is 0 Å². The molecule has 0 radical (unpaired) electrons. The lowest BCUT2D eigenvalue weighted by Crippen LogP contribution is -2.32. The van der Waals surface area contributed by atoms with Crippen LogP contribution in [-0.4, -0.2) is 10.7 Å². The molecular formula is C11H10N4. The van der Waals surface area contributed by atoms with Crippen molar-refractivity contribution in [3.63, 3.8) is 0 Å². The second-order valence-electron chi connectivity index (χ2n) is 3.43. The first-order chi connectivity index (χ1) is 7.36. The number of hydrogen-bond acceptors (Lipinski definition) is 4. The third-order valence-corrected chi connectivity index (χ3v) is 2.54. The average Bonchev–Trinajstić information content (AvgIpc) is 2.69. The van der Waals surface area contributed by atoms with Crippen molar-refractivity contribution in [3.05, 3.63) is 53.9 Å². The number of nitrogens with zero attached hydrogens (tertiary/aromatic N) is 1. The van der Waals surface area contributed by atoms with Crippen molar-refractivity contribution in [2.75, 3.05) is 0 Å². The van der Waals surface area contributed by atoms with Crippen LogP contribution in [0.3, 0.4) is 0 Å². The molecule has 0 aromatic heterocycles. The van der Waals surface area contributed by atoms with E-state index in [-0.39, 0.29) is 0 Å². The fourth-order valence-corrected chi connectivity index (χ4v) is 1.81. The zero-order valence-electron chi connectivity index (χ0n) is 7.99. The van der Waals surface area contributed by atoms with Gasteiger partial charge in [-0.05, 0) is 6.08 Å². The summed E-state index contributed by atoms with van der Waals surface area (Å²) in [5.41, 5.74) is 9.48. The lowest BCUT2D eigenvalue weighted by Gasteiger charge is -2.15. The molecule has 74 valence electrons. The van der Waals surface area contributed by atoms with Gasteiger partial charge in [0.2, 0.25) is 0 Å². The minimum atomic E-state index is 0.530. The fraction of sp³-hybridized carbons (Fsp3) is 0. The molecule has 0 amide bonds. The van der Waals surface area contributed by atoms with Crippen molar-refractivity contribution < 1.29 is 0 Å². The molecule has 0 atom stereocenters. The minimum Gasteiger partial charge on any atom is -0.309 e. The van der Waals surface area contributed by atoms with Crippen LogP contribution in [0.5, 0.6) is 0 Å². The summed E-state index contributed by atoms with van der Waals surface area (Å²) < 4.78 is 0. The molecule has 0 bridgehead atoms. The van der Waals surface area contributed by atoms with Gasteiger partial charge < -0.3 is 10.8 Å². The van der Waals surface area contributed by atoms with E-state index >= 15 is 0 Å². The standard InChI is InChI=1S/C11H10N4/c12-10-5-6-15-11(7-13-14-15)9-4-2-1-3-8(9)10/h1-7,12-14H. The van der Waals surface area contributed by atoms with E-state index in [1.165, 1.54) is 0 Å². The van der Waals surface area contributed by atoms with E-state index in [0.717, 1.165) is 16.8 Å². The third kappa shape index (κ3) is 1.15. The molecule has 4 heteroatoms. The van der Waals surface area contributed by atoms with Crippen LogP contribution < -0.4 is 11.0 Å². The highest BCUT2D eigenvalue weighted by Gasteiger charge is 2.20. The van der Waals surface area contributed by atoms with Gasteiger partial charge in [-0.25, -0.2) is 0 Å². The van der Waals surface area contributed by atoms with Crippen LogP contribution in [0.1, 0.15) is 11.1 Å². The molecule has 0 unspecified atom stereocenters. The van der Waals surface area contributed by atoms with Gasteiger partial charge in [0.15, 0.2) is 0 Å². The third-order valence-electron chi connectivity index (χ3n) is 2.54. The Morgan fingerprint density at radius 1 is 1.13 bits per heavy atom. The molecule has 15 heavy (non-hydrogen) atoms. The first-order valence-corrected chi connectivity index (χ1v) is 4.73. The van der Waals surface area contributed by atoms with Gasteiger partial charge >= 0.3 is 0 Å². The molecule has 0 saturated heterocycles. The molecule has 0 saturated carbocycles. The lowest BCUT2D eigenvalue weighted by atomic mass is 10.0. The van der Waals surface area contributed by atoms with Gasteiger partial charge in [0, 0.05) is 23.5 Å². The highest BCUT2D eigenvalue weighted by Crippen LogP contribution is 2.26. The highest BCUT2D eigenvalue weighted by atomic mass is 15.7. The number of fused-ring (bicyclic) bond motifs is 3. The van der Waals surface area contributed by atoms with Gasteiger partial charge in [0.05, 0.1) is 11.4 Å². The van der Waals surface area contributed by atoms with E-state index in [9.17, 15) is 0 Å². The maximum absolute atomic E-state index is 7.90. The highest BCUT2D eigenvalue weighted by molar-refractivity contribution is 6.10. The van der Waals surface area contributed by atoms with Crippen LogP contribution >= 0.6 is 0 Å². The quantitative estimate of drug-likeness (QED) is 0.587. The number of nitrogens with one attached hydrogen (secondary N) is 3. The molecule has 1 aromatic rings. The average molecular weight is 198 g/mol. The van der Waals surface area contributed by atoms with Crippen molar-refractivity contribution in [3.8, 4) is 0 Å². The van der Waals surface area contributed by atoms with E-state index < -0.39 is 0 Å². The van der Waals surface area contributed by atoms with Crippen molar-refractivity contribution >= 4 is 11.4 Å². The summed E-state index contributed by atoms with van der Waals surface area (Å²) in [5, 5.41) is 9.76. The van der Waals surface area contributed by atoms with Gasteiger partial charge in [0.1, 0.15) is 0 Å². The number of benzene rings is 1. The van der Waals surface area contributed by atoms with Crippen LogP contribution in [0.25, 0.3) is 5.70 Å². The molecule has 1 aromatic carbocycles. The van der Waals surface area contributed by atoms with E-state index in [4.69, 9.17) is 5.41 Å². The predicted octanol–water partition coefficient (Wildman–Crippen LogP) is 1.20. The van der Waals surface area contributed by atoms with Crippen LogP contribution in [0.2, 0.25) is 0 Å². The topological polar surface area (TPSA) is 51.2 Å². The molecule has 4 nitrogen and oxygen atoms in total. The van der Waals surface area contributed by atoms with Crippen molar-refractivity contribution in [2.24, 2.45) is 0 Å². The molecule has 0 aliphatic carbocycles. The second-order valence-corrected chi connectivity index (χ2v) is 3.43. The molecule has 3 rings (SSSR count). The predicted molar refractivity (Wildman–Crippen MR) is 58.5 cm³/mol. The first kappa shape index (κ1) is 8.26. The van der Waals surface area contributed by atoms with Gasteiger partial charge in [-0.15, -0.1) is 5.53 Å². The normalized spacial score (nSPS) is 17.7. The van der Waals surface area contributed by atoms with Crippen molar-refractivity contribution in [1.82, 2.24) is 16.0 Å². The van der Waals surface area contributed by atoms with Crippen LogP contribution in [0.15, 0.2) is 42.7 Å². The van der Waals surface area contributed by atoms with Gasteiger partial charge in [-0.2, -0.15) is 0 Å². The second kappa shape index (κ2) is 2.96. The summed E-state index contributed by atoms with van der Waals surface area (Å²) in [6, 6.07) is 7.91. The number of hydrogen-bond donors (Lipinski definition) is 3. The molecule has 2 aliphatic heterocycles. The smallest absolute Gasteiger partial charge is 0.0839 e. The minimum absolute atomic E-state index is 0.530. The maximum atomic E-state index is 7.90. The summed E-state index contributed by atoms with van der Waals surface area (Å²) in [6.07, 6.45) is 5.51. The molecular weight excluding hydrogens is 188 g/mol. The van der Waals surface area contributed by atoms with Crippen LogP contribution in [0.4, 0.5) is 0 Å². The Hall–Kier alpha value is -2.07. The van der Waals surface area contributed by atoms with E-state index in [2.05, 4.69) is 11.0 Å². The van der Waals surface area contributed by atoms with Crippen LogP contribution in [-0.2, 0) is 0 Å². The summed E-state index contributed by atoms with van der Waals surface area (Å²) in [6.45, 7) is 0. The molecule has 2 aliphatic rings. The molecule has 2 heterocycles. The summed E-state index contributed by atoms with van der Waals surface area (Å²) in [4.78, 5) is 0. The fourth-order valence-electron chi connectivity index (χ4n) is 1.81. The van der Waals surface area contributed by atoms with Crippen LogP contribution in [0, 0.1) is 5.41 Å². The molecule has 0 spiro atoms. The van der Waals surface area contributed by atoms with Crippen molar-refractivity contribution in [1.29, 1.82) is 5.41 Å². The summed E-state index contributed by atoms with van der Waals surface area (Å²) in [7, 11) is 0. The Labute approximate surface area is 87.4 Å². The first-order valence-electron chi connectivity index (χ1n) is 4.73. The monoisotopic (exact) mass is 198 g/mol. The Kier molecular flexibility index (Phi) is 1.63. The van der Waals surface area contributed by atoms with E-state index in [0.29, 0.717) is 5.71 Å².